The second-order valence-electron chi connectivity index (χ2n) is 9.97. The summed E-state index contributed by atoms with van der Waals surface area (Å²) in [5, 5.41) is 4.59. The van der Waals surface area contributed by atoms with Crippen molar-refractivity contribution in [1.29, 1.82) is 0 Å². The van der Waals surface area contributed by atoms with Crippen molar-refractivity contribution >= 4 is 38.9 Å². The van der Waals surface area contributed by atoms with Crippen LogP contribution in [0.3, 0.4) is 0 Å². The molecule has 42 heavy (non-hydrogen) atoms. The van der Waals surface area contributed by atoms with E-state index in [1.54, 1.807) is 30.5 Å². The van der Waals surface area contributed by atoms with Crippen LogP contribution >= 0.6 is 11.3 Å². The van der Waals surface area contributed by atoms with Crippen LogP contribution in [0.2, 0.25) is 0 Å². The van der Waals surface area contributed by atoms with Gasteiger partial charge in [-0.2, -0.15) is 4.31 Å². The van der Waals surface area contributed by atoms with Crippen LogP contribution in [-0.2, 0) is 37.3 Å². The topological polar surface area (TPSA) is 114 Å². The lowest BCUT2D eigenvalue weighted by molar-refractivity contribution is -0.132. The summed E-state index contributed by atoms with van der Waals surface area (Å²) in [7, 11) is -0.893. The molecule has 12 heteroatoms. The van der Waals surface area contributed by atoms with Crippen molar-refractivity contribution in [3.63, 3.8) is 0 Å². The molecule has 1 saturated heterocycles. The second kappa shape index (κ2) is 14.6. The van der Waals surface area contributed by atoms with E-state index in [4.69, 9.17) is 14.2 Å². The zero-order valence-corrected chi connectivity index (χ0v) is 25.7. The summed E-state index contributed by atoms with van der Waals surface area (Å²) < 4.78 is 45.4. The van der Waals surface area contributed by atoms with Crippen LogP contribution in [0.25, 0.3) is 0 Å². The molecule has 1 fully saturated rings. The van der Waals surface area contributed by atoms with E-state index < -0.39 is 10.0 Å². The van der Waals surface area contributed by atoms with E-state index in [1.165, 1.54) is 35.5 Å². The Hall–Kier alpha value is -3.45. The number of hydrogen-bond donors (Lipinski definition) is 1. The summed E-state index contributed by atoms with van der Waals surface area (Å²) in [6, 6.07) is 15.5. The van der Waals surface area contributed by atoms with Gasteiger partial charge < -0.3 is 24.4 Å². The first-order valence-corrected chi connectivity index (χ1v) is 16.0. The molecule has 226 valence electrons. The molecule has 1 aliphatic rings. The monoisotopic (exact) mass is 615 g/mol. The van der Waals surface area contributed by atoms with E-state index in [-0.39, 0.29) is 35.9 Å². The van der Waals surface area contributed by atoms with Crippen LogP contribution in [-0.4, -0.2) is 76.0 Å². The number of anilines is 1. The van der Waals surface area contributed by atoms with Gasteiger partial charge in [0.05, 0.1) is 38.3 Å². The minimum atomic E-state index is -4.04. The number of thiophene rings is 1. The minimum absolute atomic E-state index is 0.0394. The molecule has 0 aliphatic carbocycles. The van der Waals surface area contributed by atoms with Crippen LogP contribution < -0.4 is 14.8 Å². The standard InChI is InChI=1S/C30H37N3O7S2/c1-22(34)31-24-9-11-27(12-10-24)42(36,37)33(19-25-6-4-16-40-25)21-30(35)32(20-26-7-5-17-41-26)15-14-23-8-13-28(38-2)29(18-23)39-3/h5,7-13,17-18,25H,4,6,14-16,19-21H2,1-3H3,(H,31,34). The fraction of sp³-hybridized carbons (Fsp3) is 0.400. The Labute approximate surface area is 251 Å². The molecule has 4 rings (SSSR count). The summed E-state index contributed by atoms with van der Waals surface area (Å²) >= 11 is 1.54. The predicted molar refractivity (Wildman–Crippen MR) is 161 cm³/mol. The molecule has 10 nitrogen and oxygen atoms in total. The Morgan fingerprint density at radius 1 is 1.07 bits per heavy atom. The Morgan fingerprint density at radius 2 is 1.83 bits per heavy atom. The maximum atomic E-state index is 13.8. The van der Waals surface area contributed by atoms with Crippen molar-refractivity contribution in [3.8, 4) is 11.5 Å². The molecule has 1 aromatic heterocycles. The maximum Gasteiger partial charge on any atom is 0.243 e. The summed E-state index contributed by atoms with van der Waals surface area (Å²) in [5.74, 6) is 0.660. The van der Waals surface area contributed by atoms with Crippen molar-refractivity contribution in [2.45, 2.75) is 43.7 Å². The number of carbonyl (C=O) groups excluding carboxylic acids is 2. The Morgan fingerprint density at radius 3 is 2.45 bits per heavy atom. The Balaban J connectivity index is 1.56. The van der Waals surface area contributed by atoms with Crippen LogP contribution in [0.5, 0.6) is 11.5 Å². The lowest BCUT2D eigenvalue weighted by Crippen LogP contribution is -2.45. The molecular weight excluding hydrogens is 578 g/mol. The van der Waals surface area contributed by atoms with E-state index in [0.29, 0.717) is 43.3 Å². The average molecular weight is 616 g/mol. The van der Waals surface area contributed by atoms with Crippen LogP contribution in [0, 0.1) is 0 Å². The number of rotatable bonds is 14. The van der Waals surface area contributed by atoms with Crippen molar-refractivity contribution in [3.05, 3.63) is 70.4 Å². The van der Waals surface area contributed by atoms with Gasteiger partial charge in [0.15, 0.2) is 11.5 Å². The van der Waals surface area contributed by atoms with Crippen molar-refractivity contribution < 1.29 is 32.2 Å². The SMILES string of the molecule is COc1ccc(CCN(Cc2cccs2)C(=O)CN(CC2CCCO2)S(=O)(=O)c2ccc(NC(C)=O)cc2)cc1OC. The first-order valence-electron chi connectivity index (χ1n) is 13.7. The third-order valence-electron chi connectivity index (χ3n) is 6.95. The number of benzene rings is 2. The quantitative estimate of drug-likeness (QED) is 0.290. The molecule has 3 aromatic rings. The molecule has 0 saturated carbocycles. The number of nitrogens with one attached hydrogen (secondary N) is 1. The zero-order valence-electron chi connectivity index (χ0n) is 24.1. The second-order valence-corrected chi connectivity index (χ2v) is 12.9. The minimum Gasteiger partial charge on any atom is -0.493 e. The number of amides is 2. The largest absolute Gasteiger partial charge is 0.493 e. The normalized spacial score (nSPS) is 15.0. The van der Waals surface area contributed by atoms with Gasteiger partial charge in [-0.05, 0) is 72.7 Å². The smallest absolute Gasteiger partial charge is 0.243 e. The number of hydrogen-bond acceptors (Lipinski definition) is 8. The van der Waals surface area contributed by atoms with Gasteiger partial charge in [-0.1, -0.05) is 12.1 Å². The van der Waals surface area contributed by atoms with Crippen molar-refractivity contribution in [1.82, 2.24) is 9.21 Å². The summed E-state index contributed by atoms with van der Waals surface area (Å²) in [6.45, 7) is 2.44. The van der Waals surface area contributed by atoms with Gasteiger partial charge in [0, 0.05) is 37.2 Å². The van der Waals surface area contributed by atoms with Crippen molar-refractivity contribution in [2.75, 3.05) is 45.8 Å². The fourth-order valence-corrected chi connectivity index (χ4v) is 6.90. The van der Waals surface area contributed by atoms with Gasteiger partial charge in [0.25, 0.3) is 0 Å². The molecule has 2 heterocycles. The summed E-state index contributed by atoms with van der Waals surface area (Å²) in [5.41, 5.74) is 1.44. The highest BCUT2D eigenvalue weighted by Crippen LogP contribution is 2.28. The van der Waals surface area contributed by atoms with Gasteiger partial charge >= 0.3 is 0 Å². The van der Waals surface area contributed by atoms with Gasteiger partial charge in [-0.3, -0.25) is 9.59 Å². The van der Waals surface area contributed by atoms with Gasteiger partial charge in [-0.15, -0.1) is 11.3 Å². The maximum absolute atomic E-state index is 13.8. The molecule has 2 amide bonds. The zero-order chi connectivity index (χ0) is 30.1. The van der Waals surface area contributed by atoms with E-state index in [1.807, 2.05) is 35.7 Å². The Bertz CT molecular complexity index is 1440. The molecular formula is C30H37N3O7S2. The molecule has 1 N–H and O–H groups in total. The number of nitrogens with zero attached hydrogens (tertiary/aromatic N) is 2. The number of ether oxygens (including phenoxy) is 3. The van der Waals surface area contributed by atoms with Gasteiger partial charge in [0.1, 0.15) is 0 Å². The Kier molecular flexibility index (Phi) is 11.0. The van der Waals surface area contributed by atoms with Crippen LogP contribution in [0.4, 0.5) is 5.69 Å². The number of methoxy groups -OCH3 is 2. The first kappa shape index (κ1) is 31.5. The third-order valence-corrected chi connectivity index (χ3v) is 9.64. The third kappa shape index (κ3) is 8.31. The predicted octanol–water partition coefficient (Wildman–Crippen LogP) is 4.16. The van der Waals surface area contributed by atoms with E-state index in [2.05, 4.69) is 5.32 Å². The van der Waals surface area contributed by atoms with E-state index in [9.17, 15) is 18.0 Å². The highest BCUT2D eigenvalue weighted by Gasteiger charge is 2.32. The fourth-order valence-electron chi connectivity index (χ4n) is 4.76. The summed E-state index contributed by atoms with van der Waals surface area (Å²) in [6.07, 6.45) is 1.82. The van der Waals surface area contributed by atoms with E-state index >= 15 is 0 Å². The van der Waals surface area contributed by atoms with Crippen LogP contribution in [0.1, 0.15) is 30.2 Å². The molecule has 0 spiro atoms. The summed E-state index contributed by atoms with van der Waals surface area (Å²) in [4.78, 5) is 28.0. The molecule has 1 atom stereocenters. The molecule has 0 radical (unpaired) electrons. The number of sulfonamides is 1. The highest BCUT2D eigenvalue weighted by atomic mass is 32.2. The highest BCUT2D eigenvalue weighted by molar-refractivity contribution is 7.89. The lowest BCUT2D eigenvalue weighted by atomic mass is 10.1. The van der Waals surface area contributed by atoms with E-state index in [0.717, 1.165) is 23.3 Å². The molecule has 1 unspecified atom stereocenters. The number of carbonyl (C=O) groups is 2. The van der Waals surface area contributed by atoms with Gasteiger partial charge in [0.2, 0.25) is 21.8 Å². The van der Waals surface area contributed by atoms with Crippen LogP contribution in [0.15, 0.2) is 64.9 Å². The lowest BCUT2D eigenvalue weighted by Gasteiger charge is -2.28. The average Bonchev–Trinajstić information content (AvgIpc) is 3.69. The first-order chi connectivity index (χ1) is 20.2. The molecule has 0 bridgehead atoms. The van der Waals surface area contributed by atoms with Gasteiger partial charge in [-0.25, -0.2) is 8.42 Å². The van der Waals surface area contributed by atoms with Crippen molar-refractivity contribution in [2.24, 2.45) is 0 Å². The molecule has 2 aromatic carbocycles. The molecule has 1 aliphatic heterocycles.